The van der Waals surface area contributed by atoms with E-state index >= 15 is 0 Å². The number of benzene rings is 1. The molecule has 0 unspecified atom stereocenters. The van der Waals surface area contributed by atoms with Gasteiger partial charge in [-0.15, -0.1) is 0 Å². The molecule has 1 heterocycles. The van der Waals surface area contributed by atoms with E-state index < -0.39 is 0 Å². The first-order chi connectivity index (χ1) is 10.3. The van der Waals surface area contributed by atoms with Gasteiger partial charge in [0, 0.05) is 25.2 Å². The number of aliphatic hydroxyl groups excluding tert-OH is 1. The van der Waals surface area contributed by atoms with E-state index in [1.807, 2.05) is 18.2 Å². The molecular formula is C17H25ClN2O. The maximum atomic E-state index is 9.24. The SMILES string of the molecule is OCc1ccc(Cl)c(NC2CCN(C3CCCC3)CC2)c1. The second-order valence-corrected chi connectivity index (χ2v) is 6.77. The zero-order valence-electron chi connectivity index (χ0n) is 12.5. The standard InChI is InChI=1S/C17H25ClN2O/c18-16-6-5-13(12-21)11-17(16)19-14-7-9-20(10-8-14)15-3-1-2-4-15/h5-6,11,14-15,19,21H,1-4,7-10,12H2. The minimum atomic E-state index is 0.0615. The van der Waals surface area contributed by atoms with Gasteiger partial charge in [0.2, 0.25) is 0 Å². The van der Waals surface area contributed by atoms with E-state index in [-0.39, 0.29) is 6.61 Å². The van der Waals surface area contributed by atoms with Gasteiger partial charge in [0.15, 0.2) is 0 Å². The lowest BCUT2D eigenvalue weighted by Gasteiger charge is -2.36. The molecule has 116 valence electrons. The van der Waals surface area contributed by atoms with E-state index in [2.05, 4.69) is 10.2 Å². The van der Waals surface area contributed by atoms with E-state index in [0.29, 0.717) is 6.04 Å². The lowest BCUT2D eigenvalue weighted by atomic mass is 10.0. The van der Waals surface area contributed by atoms with Crippen molar-refractivity contribution in [2.45, 2.75) is 57.2 Å². The van der Waals surface area contributed by atoms with Crippen LogP contribution < -0.4 is 5.32 Å². The molecule has 0 radical (unpaired) electrons. The van der Waals surface area contributed by atoms with Crippen LogP contribution in [0, 0.1) is 0 Å². The quantitative estimate of drug-likeness (QED) is 0.891. The summed E-state index contributed by atoms with van der Waals surface area (Å²) in [5, 5.41) is 13.5. The number of likely N-dealkylation sites (tertiary alicyclic amines) is 1. The minimum absolute atomic E-state index is 0.0615. The molecule has 2 fully saturated rings. The number of rotatable bonds is 4. The van der Waals surface area contributed by atoms with Crippen LogP contribution in [0.15, 0.2) is 18.2 Å². The summed E-state index contributed by atoms with van der Waals surface area (Å²) in [6.07, 6.45) is 7.95. The number of anilines is 1. The van der Waals surface area contributed by atoms with Crippen molar-refractivity contribution in [2.24, 2.45) is 0 Å². The summed E-state index contributed by atoms with van der Waals surface area (Å²) < 4.78 is 0. The number of hydrogen-bond donors (Lipinski definition) is 2. The van der Waals surface area contributed by atoms with E-state index in [1.54, 1.807) is 0 Å². The van der Waals surface area contributed by atoms with Gasteiger partial charge in [-0.1, -0.05) is 30.5 Å². The van der Waals surface area contributed by atoms with Gasteiger partial charge < -0.3 is 15.3 Å². The largest absolute Gasteiger partial charge is 0.392 e. The highest BCUT2D eigenvalue weighted by Gasteiger charge is 2.27. The van der Waals surface area contributed by atoms with Gasteiger partial charge in [-0.3, -0.25) is 0 Å². The molecule has 0 bridgehead atoms. The van der Waals surface area contributed by atoms with Gasteiger partial charge in [0.05, 0.1) is 17.3 Å². The predicted molar refractivity (Wildman–Crippen MR) is 87.8 cm³/mol. The minimum Gasteiger partial charge on any atom is -0.392 e. The molecule has 1 aromatic carbocycles. The van der Waals surface area contributed by atoms with Crippen LogP contribution in [0.5, 0.6) is 0 Å². The van der Waals surface area contributed by atoms with Crippen molar-refractivity contribution in [2.75, 3.05) is 18.4 Å². The number of halogens is 1. The van der Waals surface area contributed by atoms with E-state index in [0.717, 1.165) is 22.3 Å². The molecule has 0 atom stereocenters. The lowest BCUT2D eigenvalue weighted by molar-refractivity contribution is 0.159. The summed E-state index contributed by atoms with van der Waals surface area (Å²) in [7, 11) is 0. The molecule has 1 saturated carbocycles. The fourth-order valence-electron chi connectivity index (χ4n) is 3.68. The Kier molecular flexibility index (Phi) is 5.04. The molecular weight excluding hydrogens is 284 g/mol. The van der Waals surface area contributed by atoms with Crippen molar-refractivity contribution in [1.82, 2.24) is 4.90 Å². The molecule has 0 aromatic heterocycles. The molecule has 4 heteroatoms. The molecule has 2 aliphatic rings. The molecule has 1 aliphatic heterocycles. The third-order valence-corrected chi connectivity index (χ3v) is 5.27. The van der Waals surface area contributed by atoms with Crippen molar-refractivity contribution in [3.8, 4) is 0 Å². The van der Waals surface area contributed by atoms with Crippen LogP contribution in [0.2, 0.25) is 5.02 Å². The van der Waals surface area contributed by atoms with Gasteiger partial charge >= 0.3 is 0 Å². The predicted octanol–water partition coefficient (Wildman–Crippen LogP) is 3.65. The molecule has 1 aromatic rings. The maximum absolute atomic E-state index is 9.24. The van der Waals surface area contributed by atoms with Crippen molar-refractivity contribution in [1.29, 1.82) is 0 Å². The molecule has 1 aliphatic carbocycles. The van der Waals surface area contributed by atoms with Gasteiger partial charge in [-0.2, -0.15) is 0 Å². The van der Waals surface area contributed by atoms with E-state index in [4.69, 9.17) is 11.6 Å². The van der Waals surface area contributed by atoms with Gasteiger partial charge in [-0.25, -0.2) is 0 Å². The molecule has 3 rings (SSSR count). The van der Waals surface area contributed by atoms with Crippen molar-refractivity contribution < 1.29 is 5.11 Å². The summed E-state index contributed by atoms with van der Waals surface area (Å²) in [6, 6.07) is 7.03. The Hall–Kier alpha value is -0.770. The van der Waals surface area contributed by atoms with Crippen molar-refractivity contribution in [3.63, 3.8) is 0 Å². The average molecular weight is 309 g/mol. The zero-order chi connectivity index (χ0) is 14.7. The van der Waals surface area contributed by atoms with Crippen LogP contribution in [0.4, 0.5) is 5.69 Å². The maximum Gasteiger partial charge on any atom is 0.0682 e. The number of nitrogens with zero attached hydrogens (tertiary/aromatic N) is 1. The molecule has 2 N–H and O–H groups in total. The van der Waals surface area contributed by atoms with Gasteiger partial charge in [-0.05, 0) is 43.4 Å². The summed E-state index contributed by atoms with van der Waals surface area (Å²) in [6.45, 7) is 2.45. The highest BCUT2D eigenvalue weighted by molar-refractivity contribution is 6.33. The van der Waals surface area contributed by atoms with E-state index in [9.17, 15) is 5.11 Å². The summed E-state index contributed by atoms with van der Waals surface area (Å²) in [5.74, 6) is 0. The average Bonchev–Trinajstić information content (AvgIpc) is 3.04. The highest BCUT2D eigenvalue weighted by atomic mass is 35.5. The Morgan fingerprint density at radius 1 is 1.14 bits per heavy atom. The first kappa shape index (κ1) is 15.1. The number of nitrogens with one attached hydrogen (secondary N) is 1. The third kappa shape index (κ3) is 3.71. The first-order valence-electron chi connectivity index (χ1n) is 8.16. The summed E-state index contributed by atoms with van der Waals surface area (Å²) >= 11 is 6.25. The molecule has 0 spiro atoms. The molecule has 1 saturated heterocycles. The Bertz CT molecular complexity index is 466. The number of aliphatic hydroxyl groups is 1. The smallest absolute Gasteiger partial charge is 0.0682 e. The number of piperidine rings is 1. The van der Waals surface area contributed by atoms with E-state index in [1.165, 1.54) is 51.6 Å². The Labute approximate surface area is 132 Å². The van der Waals surface area contributed by atoms with Crippen molar-refractivity contribution in [3.05, 3.63) is 28.8 Å². The van der Waals surface area contributed by atoms with Crippen LogP contribution in [-0.4, -0.2) is 35.2 Å². The molecule has 0 amide bonds. The second kappa shape index (κ2) is 6.99. The topological polar surface area (TPSA) is 35.5 Å². The Balaban J connectivity index is 1.55. The Morgan fingerprint density at radius 2 is 1.86 bits per heavy atom. The van der Waals surface area contributed by atoms with Crippen molar-refractivity contribution >= 4 is 17.3 Å². The van der Waals surface area contributed by atoms with Gasteiger partial charge in [0.1, 0.15) is 0 Å². The highest BCUT2D eigenvalue weighted by Crippen LogP contribution is 2.29. The fraction of sp³-hybridized carbons (Fsp3) is 0.647. The third-order valence-electron chi connectivity index (χ3n) is 4.94. The molecule has 21 heavy (non-hydrogen) atoms. The van der Waals surface area contributed by atoms with Gasteiger partial charge in [0.25, 0.3) is 0 Å². The second-order valence-electron chi connectivity index (χ2n) is 6.37. The monoisotopic (exact) mass is 308 g/mol. The fourth-order valence-corrected chi connectivity index (χ4v) is 3.85. The van der Waals surface area contributed by atoms with Crippen LogP contribution in [0.3, 0.4) is 0 Å². The lowest BCUT2D eigenvalue weighted by Crippen LogP contribution is -2.43. The summed E-state index contributed by atoms with van der Waals surface area (Å²) in [5.41, 5.74) is 1.87. The van der Waals surface area contributed by atoms with Crippen LogP contribution >= 0.6 is 11.6 Å². The molecule has 3 nitrogen and oxygen atoms in total. The summed E-state index contributed by atoms with van der Waals surface area (Å²) in [4.78, 5) is 2.68. The zero-order valence-corrected chi connectivity index (χ0v) is 13.3. The Morgan fingerprint density at radius 3 is 2.52 bits per heavy atom. The first-order valence-corrected chi connectivity index (χ1v) is 8.54. The van der Waals surface area contributed by atoms with Crippen LogP contribution in [0.25, 0.3) is 0 Å². The number of hydrogen-bond acceptors (Lipinski definition) is 3. The van der Waals surface area contributed by atoms with Crippen LogP contribution in [-0.2, 0) is 6.61 Å². The normalized spacial score (nSPS) is 21.8. The van der Waals surface area contributed by atoms with Crippen LogP contribution in [0.1, 0.15) is 44.1 Å².